The lowest BCUT2D eigenvalue weighted by atomic mass is 10.1. The number of rotatable bonds is 4. The van der Waals surface area contributed by atoms with Crippen molar-refractivity contribution in [1.29, 1.82) is 0 Å². The molecule has 0 bridgehead atoms. The summed E-state index contributed by atoms with van der Waals surface area (Å²) in [4.78, 5) is 21.1. The Balaban J connectivity index is 1.71. The molecule has 1 aliphatic rings. The van der Waals surface area contributed by atoms with Crippen LogP contribution in [0.3, 0.4) is 0 Å². The molecule has 4 rings (SSSR count). The van der Waals surface area contributed by atoms with Gasteiger partial charge in [-0.1, -0.05) is 0 Å². The maximum atomic E-state index is 13.2. The number of nitrogens with zero attached hydrogens (tertiary/aromatic N) is 4. The number of oxazole rings is 1. The zero-order valence-electron chi connectivity index (χ0n) is 14.5. The number of alkyl halides is 3. The molecule has 1 unspecified atom stereocenters. The quantitative estimate of drug-likeness (QED) is 0.753. The number of carbonyl (C=O) groups is 1. The summed E-state index contributed by atoms with van der Waals surface area (Å²) in [5.41, 5.74) is 1.79. The minimum Gasteiger partial charge on any atom is -0.443 e. The van der Waals surface area contributed by atoms with Crippen LogP contribution in [0.25, 0.3) is 17.2 Å². The normalized spacial score (nSPS) is 15.9. The number of nitrogens with one attached hydrogen (secondary N) is 1. The number of carbonyl (C=O) groups excluding carboxylic acids is 1. The van der Waals surface area contributed by atoms with Crippen molar-refractivity contribution in [2.24, 2.45) is 5.92 Å². The van der Waals surface area contributed by atoms with Crippen molar-refractivity contribution in [1.82, 2.24) is 24.9 Å². The summed E-state index contributed by atoms with van der Waals surface area (Å²) >= 11 is 0. The topological polar surface area (TPSA) is 85.3 Å². The van der Waals surface area contributed by atoms with E-state index in [1.165, 1.54) is 17.0 Å². The number of hydrogen-bond donors (Lipinski definition) is 1. The maximum absolute atomic E-state index is 13.2. The lowest BCUT2D eigenvalue weighted by Crippen LogP contribution is -2.46. The molecule has 0 aromatic carbocycles. The van der Waals surface area contributed by atoms with Gasteiger partial charge in [-0.05, 0) is 38.7 Å². The molecule has 1 fully saturated rings. The predicted octanol–water partition coefficient (Wildman–Crippen LogP) is 3.07. The van der Waals surface area contributed by atoms with Crippen molar-refractivity contribution >= 4 is 11.6 Å². The Hall–Kier alpha value is -2.91. The molecule has 3 aromatic heterocycles. The second-order valence-electron chi connectivity index (χ2n) is 6.70. The van der Waals surface area contributed by atoms with E-state index in [0.29, 0.717) is 29.9 Å². The van der Waals surface area contributed by atoms with Crippen LogP contribution in [0.1, 0.15) is 34.6 Å². The van der Waals surface area contributed by atoms with E-state index in [2.05, 4.69) is 20.4 Å². The number of aryl methyl sites for hydroxylation is 2. The average molecular weight is 379 g/mol. The highest BCUT2D eigenvalue weighted by atomic mass is 19.4. The number of halogens is 3. The first-order chi connectivity index (χ1) is 12.7. The summed E-state index contributed by atoms with van der Waals surface area (Å²) in [7, 11) is 0. The number of hydrogen-bond acceptors (Lipinski definition) is 5. The van der Waals surface area contributed by atoms with Gasteiger partial charge in [0.05, 0.1) is 11.9 Å². The Morgan fingerprint density at radius 1 is 1.33 bits per heavy atom. The summed E-state index contributed by atoms with van der Waals surface area (Å²) in [5, 5.41) is 6.17. The molecule has 1 atom stereocenters. The Labute approximate surface area is 151 Å². The third-order valence-electron chi connectivity index (χ3n) is 4.47. The second kappa shape index (κ2) is 6.07. The Morgan fingerprint density at radius 2 is 2.07 bits per heavy atom. The summed E-state index contributed by atoms with van der Waals surface area (Å²) in [6.45, 7) is 3.50. The van der Waals surface area contributed by atoms with E-state index in [1.54, 1.807) is 19.9 Å². The zero-order chi connectivity index (χ0) is 19.3. The van der Waals surface area contributed by atoms with Crippen molar-refractivity contribution in [2.75, 3.05) is 0 Å². The minimum atomic E-state index is -4.50. The largest absolute Gasteiger partial charge is 0.443 e. The van der Waals surface area contributed by atoms with Gasteiger partial charge >= 0.3 is 6.18 Å². The van der Waals surface area contributed by atoms with Crippen LogP contribution in [0.5, 0.6) is 0 Å². The van der Waals surface area contributed by atoms with Crippen LogP contribution in [-0.4, -0.2) is 37.7 Å². The van der Waals surface area contributed by atoms with Crippen LogP contribution in [0.15, 0.2) is 22.9 Å². The van der Waals surface area contributed by atoms with Crippen LogP contribution in [-0.2, 0) is 0 Å². The van der Waals surface area contributed by atoms with Gasteiger partial charge in [-0.25, -0.2) is 14.5 Å². The first-order valence-corrected chi connectivity index (χ1v) is 8.39. The fraction of sp³-hybridized carbons (Fsp3) is 0.412. The number of fused-ring (bicyclic) bond motifs is 1. The van der Waals surface area contributed by atoms with E-state index < -0.39 is 24.0 Å². The third kappa shape index (κ3) is 3.26. The van der Waals surface area contributed by atoms with Gasteiger partial charge in [0, 0.05) is 5.69 Å². The molecule has 1 saturated carbocycles. The van der Waals surface area contributed by atoms with Gasteiger partial charge < -0.3 is 9.73 Å². The van der Waals surface area contributed by atoms with Crippen molar-refractivity contribution < 1.29 is 22.4 Å². The van der Waals surface area contributed by atoms with E-state index in [9.17, 15) is 18.0 Å². The molecule has 7 nitrogen and oxygen atoms in total. The molecular formula is C17H16F3N5O2. The highest BCUT2D eigenvalue weighted by Crippen LogP contribution is 2.40. The molecule has 3 aromatic rings. The fourth-order valence-corrected chi connectivity index (χ4v) is 2.97. The van der Waals surface area contributed by atoms with Gasteiger partial charge in [0.2, 0.25) is 5.89 Å². The molecule has 27 heavy (non-hydrogen) atoms. The van der Waals surface area contributed by atoms with Crippen LogP contribution in [0.4, 0.5) is 13.2 Å². The van der Waals surface area contributed by atoms with E-state index in [1.807, 2.05) is 0 Å². The predicted molar refractivity (Wildman–Crippen MR) is 88.0 cm³/mol. The standard InChI is InChI=1S/C17H16F3N5O2/c1-8-7-27-16(22-8)12-5-9(2)25-14(23-12)11(6-21-25)15(26)24-13(10-3-4-10)17(18,19)20/h5-7,10,13H,3-4H2,1-2H3,(H,24,26). The van der Waals surface area contributed by atoms with Crippen LogP contribution < -0.4 is 5.32 Å². The smallest absolute Gasteiger partial charge is 0.408 e. The third-order valence-corrected chi connectivity index (χ3v) is 4.47. The van der Waals surface area contributed by atoms with E-state index in [-0.39, 0.29) is 17.1 Å². The van der Waals surface area contributed by atoms with Gasteiger partial charge in [0.1, 0.15) is 23.6 Å². The van der Waals surface area contributed by atoms with E-state index in [4.69, 9.17) is 4.42 Å². The number of aromatic nitrogens is 4. The van der Waals surface area contributed by atoms with Crippen LogP contribution >= 0.6 is 0 Å². The fourth-order valence-electron chi connectivity index (χ4n) is 2.97. The van der Waals surface area contributed by atoms with Gasteiger partial charge in [-0.15, -0.1) is 0 Å². The molecule has 10 heteroatoms. The summed E-state index contributed by atoms with van der Waals surface area (Å²) in [6, 6.07) is -0.186. The van der Waals surface area contributed by atoms with E-state index >= 15 is 0 Å². The molecule has 0 saturated heterocycles. The molecule has 1 amide bonds. The Kier molecular flexibility index (Phi) is 3.93. The maximum Gasteiger partial charge on any atom is 0.408 e. The highest BCUT2D eigenvalue weighted by molar-refractivity contribution is 6.00. The van der Waals surface area contributed by atoms with Gasteiger partial charge in [-0.2, -0.15) is 18.3 Å². The Morgan fingerprint density at radius 3 is 2.67 bits per heavy atom. The van der Waals surface area contributed by atoms with Crippen LogP contribution in [0, 0.1) is 19.8 Å². The summed E-state index contributed by atoms with van der Waals surface area (Å²) in [5.74, 6) is -1.17. The first kappa shape index (κ1) is 17.5. The minimum absolute atomic E-state index is 0.0295. The van der Waals surface area contributed by atoms with Crippen molar-refractivity contribution in [2.45, 2.75) is 38.9 Å². The highest BCUT2D eigenvalue weighted by Gasteiger charge is 2.49. The molecule has 0 spiro atoms. The average Bonchev–Trinajstić information content (AvgIpc) is 3.17. The molecule has 1 N–H and O–H groups in total. The summed E-state index contributed by atoms with van der Waals surface area (Å²) in [6.07, 6.45) is -0.919. The van der Waals surface area contributed by atoms with Gasteiger partial charge in [-0.3, -0.25) is 4.79 Å². The van der Waals surface area contributed by atoms with E-state index in [0.717, 1.165) is 0 Å². The lowest BCUT2D eigenvalue weighted by molar-refractivity contribution is -0.158. The molecule has 1 aliphatic carbocycles. The number of amides is 1. The summed E-state index contributed by atoms with van der Waals surface area (Å²) < 4.78 is 46.3. The zero-order valence-corrected chi connectivity index (χ0v) is 14.5. The first-order valence-electron chi connectivity index (χ1n) is 8.39. The van der Waals surface area contributed by atoms with Crippen molar-refractivity contribution in [3.63, 3.8) is 0 Å². The lowest BCUT2D eigenvalue weighted by Gasteiger charge is -2.20. The molecule has 142 valence electrons. The molecule has 0 radical (unpaired) electrons. The van der Waals surface area contributed by atoms with Gasteiger partial charge in [0.15, 0.2) is 5.65 Å². The molecule has 3 heterocycles. The Bertz CT molecular complexity index is 1020. The van der Waals surface area contributed by atoms with Crippen molar-refractivity contribution in [3.8, 4) is 11.6 Å². The molecule has 0 aliphatic heterocycles. The SMILES string of the molecule is Cc1coc(-c2cc(C)n3ncc(C(=O)NC(C4CC4)C(F)(F)F)c3n2)n1. The van der Waals surface area contributed by atoms with Crippen LogP contribution in [0.2, 0.25) is 0 Å². The van der Waals surface area contributed by atoms with Crippen molar-refractivity contribution in [3.05, 3.63) is 35.5 Å². The monoisotopic (exact) mass is 379 g/mol. The second-order valence-corrected chi connectivity index (χ2v) is 6.70. The molecular weight excluding hydrogens is 363 g/mol. The van der Waals surface area contributed by atoms with Gasteiger partial charge in [0.25, 0.3) is 5.91 Å².